The molecule has 2 aliphatic heterocycles. The molecule has 2 aliphatic rings. The molecule has 0 aliphatic carbocycles. The number of hydrogen-bond donors (Lipinski definition) is 12. The fraction of sp³-hybridized carbons (Fsp3) is 0.548. The van der Waals surface area contributed by atoms with E-state index in [1.165, 1.54) is 23.5 Å². The normalized spacial score (nSPS) is 19.6. The molecule has 39 heteroatoms. The molecule has 2 fully saturated rings. The van der Waals surface area contributed by atoms with Crippen molar-refractivity contribution in [1.82, 2.24) is 31.9 Å². The Morgan fingerprint density at radius 2 is 0.650 bits per heavy atom. The minimum atomic E-state index is -2.54. The predicted molar refractivity (Wildman–Crippen MR) is 438 cm³/mol. The van der Waals surface area contributed by atoms with Gasteiger partial charge in [0.1, 0.15) is 36.4 Å². The minimum absolute atomic E-state index is 0. The van der Waals surface area contributed by atoms with Crippen molar-refractivity contribution in [2.75, 3.05) is 181 Å². The van der Waals surface area contributed by atoms with Gasteiger partial charge in [-0.3, -0.25) is 28.8 Å². The van der Waals surface area contributed by atoms with Gasteiger partial charge in [-0.05, 0) is 95.1 Å². The first kappa shape index (κ1) is 107. The first-order chi connectivity index (χ1) is 58.5. The zero-order chi connectivity index (χ0) is 87.0. The number of aliphatic hydroxyl groups excluding tert-OH is 6. The topological polar surface area (TPSA) is 496 Å². The second-order valence-electron chi connectivity index (χ2n) is 27.9. The summed E-state index contributed by atoms with van der Waals surface area (Å²) in [5.41, 5.74) is 4.98. The second kappa shape index (κ2) is 60.5. The van der Waals surface area contributed by atoms with Gasteiger partial charge in [0.15, 0.2) is 0 Å². The molecular formula is C84H114N6Na2O29S2. The molecule has 2 saturated heterocycles. The summed E-state index contributed by atoms with van der Waals surface area (Å²) < 4.78 is 73.1. The van der Waals surface area contributed by atoms with Crippen molar-refractivity contribution >= 4 is 70.9 Å². The van der Waals surface area contributed by atoms with Crippen LogP contribution in [-0.2, 0) is 80.8 Å². The Balaban J connectivity index is 0.0000134. The average molecular weight is 1780 g/mol. The largest absolute Gasteiger partial charge is 1.00 e. The molecule has 5 aromatic rings. The third-order valence-electron chi connectivity index (χ3n) is 18.8. The van der Waals surface area contributed by atoms with E-state index in [0.29, 0.717) is 153 Å². The van der Waals surface area contributed by atoms with E-state index < -0.39 is 134 Å². The van der Waals surface area contributed by atoms with E-state index in [-0.39, 0.29) is 122 Å². The molecule has 123 heavy (non-hydrogen) atoms. The van der Waals surface area contributed by atoms with Gasteiger partial charge >= 0.3 is 59.1 Å². The number of nitrogens with one attached hydrogen (secondary N) is 6. The summed E-state index contributed by atoms with van der Waals surface area (Å²) >= 11 is 3.05. The first-order valence-corrected chi connectivity index (χ1v) is 42.4. The van der Waals surface area contributed by atoms with Gasteiger partial charge < -0.3 is 144 Å². The van der Waals surface area contributed by atoms with Crippen molar-refractivity contribution in [3.05, 3.63) is 156 Å². The van der Waals surface area contributed by atoms with Gasteiger partial charge in [0.25, 0.3) is 23.6 Å². The molecule has 12 atom stereocenters. The van der Waals surface area contributed by atoms with Crippen LogP contribution in [0.3, 0.4) is 0 Å². The fourth-order valence-corrected chi connectivity index (χ4v) is 14.0. The summed E-state index contributed by atoms with van der Waals surface area (Å²) in [5.74, 6) is -9.44. The zero-order valence-electron chi connectivity index (χ0n) is 70.0. The molecule has 0 saturated carbocycles. The average Bonchev–Trinajstić information content (AvgIpc) is 0.771. The Labute approximate surface area is 768 Å². The summed E-state index contributed by atoms with van der Waals surface area (Å²) in [7, 11) is 0. The third kappa shape index (κ3) is 38.7. The summed E-state index contributed by atoms with van der Waals surface area (Å²) in [6.07, 6.45) is -14.5. The Kier molecular flexibility index (Phi) is 52.8. The molecule has 35 nitrogen and oxygen atoms in total. The van der Waals surface area contributed by atoms with Gasteiger partial charge in [0.05, 0.1) is 169 Å². The second-order valence-corrected chi connectivity index (χ2v) is 30.3. The number of hydrogen-bond acceptors (Lipinski definition) is 31. The molecule has 0 spiro atoms. The Morgan fingerprint density at radius 1 is 0.382 bits per heavy atom. The quantitative estimate of drug-likeness (QED) is 0.0127. The van der Waals surface area contributed by atoms with Crippen LogP contribution in [0.5, 0.6) is 0 Å². The Morgan fingerprint density at radius 3 is 0.943 bits per heavy atom. The summed E-state index contributed by atoms with van der Waals surface area (Å²) in [6.45, 7) is 7.58. The van der Waals surface area contributed by atoms with Crippen LogP contribution in [0, 0.1) is 0 Å². The van der Waals surface area contributed by atoms with Crippen molar-refractivity contribution in [3.8, 4) is 22.3 Å². The standard InChI is InChI=1S/C84H116N6O29S2.2Na/c1-57(91)89-71-67(93)53-83(81(103)104,118-75(71)73(97)69(95)55-87-79(101)65-19-15-61(16-20-65)59-11-5-3-6-12-59)116-29-9-49-120-51-47-114-45-43-112-41-38-110-36-34-108-32-28-86-78(100)64-25-23-63(24-26-64)77(99)85-27-31-107-33-35-109-37-39-111-40-42-113-44-46-115-48-52-121-50-10-30-117-84(82(105)106)54-68(94)72(90-58(2)92)76(119-84)74(98)70(96)56-88-80(102)66-21-17-62(18-22-66)60-13-7-4-8-14-60;;/h3-8,11-26,67-76,93-98H,9-10,27-56H2,1-2H3,(H,85,99)(H,86,100)(H,87,101)(H,88,102)(H,89,91)(H,90,92)(H,103,104)(H,105,106);;/q;2*+1/p-2/t67-,68-,69+,70+,71+,72+,73+,74+,75+,76+,83+,84+;;/m0../s1. The minimum Gasteiger partial charge on any atom is -0.544 e. The summed E-state index contributed by atoms with van der Waals surface area (Å²) in [4.78, 5) is 101. The van der Waals surface area contributed by atoms with Crippen molar-refractivity contribution in [3.63, 3.8) is 0 Å². The maximum absolute atomic E-state index is 13.0. The number of carbonyl (C=O) groups is 8. The molecule has 0 unspecified atom stereocenters. The molecule has 5 aromatic carbocycles. The van der Waals surface area contributed by atoms with E-state index in [0.717, 1.165) is 36.1 Å². The molecular weight excluding hydrogens is 1670 g/mol. The number of rotatable bonds is 61. The first-order valence-electron chi connectivity index (χ1n) is 40.1. The number of carboxylic acids is 2. The van der Waals surface area contributed by atoms with Crippen molar-refractivity contribution in [2.24, 2.45) is 0 Å². The SMILES string of the molecule is CC(=O)N[C@H]1[C@H]([C@H](O)[C@H](O)CNC(=O)c2ccc(-c3ccccc3)cc2)O[C@@](OCCCSCCOCCOCCOCCOCCNC(=O)c2ccc(C(=O)NCCOCCOCCOCCOCCOCCSCCCO[C@]3(C(=O)[O-])C[C@H](O)[C@@H](NC(C)=O)[C@H]([C@H](O)[C@H](O)CNC(=O)c4ccc(-c5ccccc5)cc4)O3)cc2)(C(=O)[O-])C[C@@H]1O.[Na+].[Na+]. The van der Waals surface area contributed by atoms with E-state index in [4.69, 9.17) is 61.6 Å². The maximum atomic E-state index is 13.0. The van der Waals surface area contributed by atoms with Gasteiger partial charge in [-0.1, -0.05) is 84.9 Å². The van der Waals surface area contributed by atoms with Crippen molar-refractivity contribution < 1.29 is 200 Å². The van der Waals surface area contributed by atoms with Gasteiger partial charge in [-0.25, -0.2) is 0 Å². The number of thioether (sulfide) groups is 2. The van der Waals surface area contributed by atoms with Crippen LogP contribution in [0.1, 0.15) is 81.0 Å². The number of carboxylic acid groups (broad SMARTS) is 2. The van der Waals surface area contributed by atoms with Gasteiger partial charge in [0.2, 0.25) is 23.4 Å². The molecule has 2 heterocycles. The van der Waals surface area contributed by atoms with Crippen LogP contribution in [0.15, 0.2) is 133 Å². The predicted octanol–water partition coefficient (Wildman–Crippen LogP) is -6.58. The van der Waals surface area contributed by atoms with Crippen LogP contribution >= 0.6 is 23.5 Å². The molecule has 0 radical (unpaired) electrons. The van der Waals surface area contributed by atoms with E-state index in [1.54, 1.807) is 72.8 Å². The van der Waals surface area contributed by atoms with Gasteiger partial charge in [-0.2, -0.15) is 23.5 Å². The number of aliphatic hydroxyl groups is 6. The van der Waals surface area contributed by atoms with E-state index in [9.17, 15) is 79.2 Å². The molecule has 668 valence electrons. The molecule has 7 rings (SSSR count). The van der Waals surface area contributed by atoms with Gasteiger partial charge in [0, 0.05) is 86.6 Å². The van der Waals surface area contributed by atoms with Crippen molar-refractivity contribution in [2.45, 2.75) is 112 Å². The van der Waals surface area contributed by atoms with E-state index in [2.05, 4.69) is 31.9 Å². The fourth-order valence-electron chi connectivity index (χ4n) is 12.5. The number of ether oxygens (including phenoxy) is 13. The zero-order valence-corrected chi connectivity index (χ0v) is 75.6. The molecule has 0 bridgehead atoms. The van der Waals surface area contributed by atoms with Gasteiger partial charge in [-0.15, -0.1) is 0 Å². The third-order valence-corrected chi connectivity index (χ3v) is 20.8. The monoisotopic (exact) mass is 1780 g/mol. The number of amides is 6. The Bertz CT molecular complexity index is 3870. The van der Waals surface area contributed by atoms with E-state index >= 15 is 0 Å². The number of aliphatic carboxylic acids is 2. The van der Waals surface area contributed by atoms with E-state index in [1.807, 2.05) is 60.7 Å². The smallest absolute Gasteiger partial charge is 0.544 e. The number of carbonyl (C=O) groups excluding carboxylic acids is 8. The molecule has 12 N–H and O–H groups in total. The van der Waals surface area contributed by atoms with Crippen LogP contribution in [-0.4, -0.2) is 332 Å². The van der Waals surface area contributed by atoms with Crippen LogP contribution in [0.25, 0.3) is 22.3 Å². The molecule has 6 amide bonds. The van der Waals surface area contributed by atoms with Crippen LogP contribution in [0.4, 0.5) is 0 Å². The summed E-state index contributed by atoms with van der Waals surface area (Å²) in [6, 6.07) is 36.1. The maximum Gasteiger partial charge on any atom is 1.00 e. The van der Waals surface area contributed by atoms with Crippen molar-refractivity contribution in [1.29, 1.82) is 0 Å². The Hall–Kier alpha value is -6.20. The summed E-state index contributed by atoms with van der Waals surface area (Å²) in [5, 5.41) is 107. The number of benzene rings is 5. The molecule has 0 aromatic heterocycles. The van der Waals surface area contributed by atoms with Crippen LogP contribution < -0.4 is 101 Å². The van der Waals surface area contributed by atoms with Crippen LogP contribution in [0.2, 0.25) is 0 Å².